The molecule has 0 radical (unpaired) electrons. The van der Waals surface area contributed by atoms with Crippen LogP contribution in [0.2, 0.25) is 0 Å². The normalized spacial score (nSPS) is 18.8. The Hall–Kier alpha value is -1.01. The van der Waals surface area contributed by atoms with Crippen LogP contribution in [0.15, 0.2) is 0 Å². The van der Waals surface area contributed by atoms with Crippen LogP contribution < -0.4 is 0 Å². The van der Waals surface area contributed by atoms with Crippen molar-refractivity contribution in [2.75, 3.05) is 32.7 Å². The van der Waals surface area contributed by atoms with Crippen molar-refractivity contribution in [1.29, 1.82) is 0 Å². The molecule has 2 heterocycles. The third-order valence-electron chi connectivity index (χ3n) is 4.28. The number of tetrazole rings is 1. The predicted molar refractivity (Wildman–Crippen MR) is 88.9 cm³/mol. The molecule has 0 saturated carbocycles. The van der Waals surface area contributed by atoms with Crippen molar-refractivity contribution in [3.05, 3.63) is 5.82 Å². The summed E-state index contributed by atoms with van der Waals surface area (Å²) in [5.74, 6) is 0.825. The van der Waals surface area contributed by atoms with Crippen LogP contribution in [0.1, 0.15) is 53.8 Å². The van der Waals surface area contributed by atoms with E-state index in [1.54, 1.807) is 4.80 Å². The summed E-state index contributed by atoms with van der Waals surface area (Å²) in [6.45, 7) is 19.9. The number of piperazine rings is 1. The second-order valence-electron chi connectivity index (χ2n) is 8.31. The standard InChI is InChI=1S/C16H32N6/c1-15(2,3)14-17-19-22(18-14)9-7-8-20-10-12-21(13-11-20)16(4,5)6/h7-13H2,1-6H3. The van der Waals surface area contributed by atoms with Crippen LogP contribution in [-0.4, -0.2) is 68.3 Å². The molecule has 0 spiro atoms. The monoisotopic (exact) mass is 308 g/mol. The Kier molecular flexibility index (Phi) is 5.22. The summed E-state index contributed by atoms with van der Waals surface area (Å²) in [6.07, 6.45) is 1.08. The summed E-state index contributed by atoms with van der Waals surface area (Å²) in [6, 6.07) is 0. The van der Waals surface area contributed by atoms with Gasteiger partial charge in [-0.3, -0.25) is 4.90 Å². The molecule has 1 aliphatic rings. The van der Waals surface area contributed by atoms with Crippen LogP contribution >= 0.6 is 0 Å². The van der Waals surface area contributed by atoms with Crippen LogP contribution in [0.4, 0.5) is 0 Å². The third kappa shape index (κ3) is 4.74. The van der Waals surface area contributed by atoms with Crippen LogP contribution in [0.25, 0.3) is 0 Å². The highest BCUT2D eigenvalue weighted by Gasteiger charge is 2.25. The van der Waals surface area contributed by atoms with Gasteiger partial charge in [0.1, 0.15) is 0 Å². The number of rotatable bonds is 4. The molecular weight excluding hydrogens is 276 g/mol. The smallest absolute Gasteiger partial charge is 0.180 e. The van der Waals surface area contributed by atoms with E-state index in [0.29, 0.717) is 5.54 Å². The minimum atomic E-state index is -0.0263. The van der Waals surface area contributed by atoms with Gasteiger partial charge in [0.25, 0.3) is 0 Å². The van der Waals surface area contributed by atoms with Gasteiger partial charge in [-0.1, -0.05) is 20.8 Å². The van der Waals surface area contributed by atoms with Gasteiger partial charge in [-0.2, -0.15) is 4.80 Å². The maximum Gasteiger partial charge on any atom is 0.180 e. The molecule has 22 heavy (non-hydrogen) atoms. The van der Waals surface area contributed by atoms with Gasteiger partial charge in [0.05, 0.1) is 6.54 Å². The van der Waals surface area contributed by atoms with Crippen LogP contribution in [0, 0.1) is 0 Å². The third-order valence-corrected chi connectivity index (χ3v) is 4.28. The number of hydrogen-bond acceptors (Lipinski definition) is 5. The Labute approximate surface area is 134 Å². The molecule has 0 aliphatic carbocycles. The van der Waals surface area contributed by atoms with E-state index in [1.807, 2.05) is 0 Å². The molecule has 1 aromatic rings. The minimum Gasteiger partial charge on any atom is -0.301 e. The average molecular weight is 308 g/mol. The molecule has 126 valence electrons. The number of aromatic nitrogens is 4. The second kappa shape index (κ2) is 6.62. The van der Waals surface area contributed by atoms with Crippen molar-refractivity contribution < 1.29 is 0 Å². The van der Waals surface area contributed by atoms with Gasteiger partial charge in [-0.25, -0.2) is 0 Å². The maximum absolute atomic E-state index is 4.48. The summed E-state index contributed by atoms with van der Waals surface area (Å²) in [5.41, 5.74) is 0.266. The molecule has 0 unspecified atom stereocenters. The van der Waals surface area contributed by atoms with Gasteiger partial charge in [0.15, 0.2) is 5.82 Å². The van der Waals surface area contributed by atoms with Crippen molar-refractivity contribution in [2.24, 2.45) is 0 Å². The summed E-state index contributed by atoms with van der Waals surface area (Å²) in [4.78, 5) is 6.86. The molecule has 1 saturated heterocycles. The van der Waals surface area contributed by atoms with Crippen LogP contribution in [-0.2, 0) is 12.0 Å². The highest BCUT2D eigenvalue weighted by atomic mass is 15.6. The van der Waals surface area contributed by atoms with Gasteiger partial charge in [-0.15, -0.1) is 10.2 Å². The van der Waals surface area contributed by atoms with Crippen LogP contribution in [0.5, 0.6) is 0 Å². The first-order valence-corrected chi connectivity index (χ1v) is 8.42. The Morgan fingerprint density at radius 3 is 2.05 bits per heavy atom. The molecule has 6 nitrogen and oxygen atoms in total. The van der Waals surface area contributed by atoms with Crippen molar-refractivity contribution in [1.82, 2.24) is 30.0 Å². The van der Waals surface area contributed by atoms with Crippen LogP contribution in [0.3, 0.4) is 0 Å². The Morgan fingerprint density at radius 2 is 1.55 bits per heavy atom. The molecule has 0 atom stereocenters. The van der Waals surface area contributed by atoms with Crippen molar-refractivity contribution in [2.45, 2.75) is 65.5 Å². The number of hydrogen-bond donors (Lipinski definition) is 0. The lowest BCUT2D eigenvalue weighted by atomic mass is 9.96. The van der Waals surface area contributed by atoms with E-state index in [-0.39, 0.29) is 5.41 Å². The first-order valence-electron chi connectivity index (χ1n) is 8.42. The van der Waals surface area contributed by atoms with E-state index in [1.165, 1.54) is 13.1 Å². The molecule has 1 aromatic heterocycles. The molecule has 0 N–H and O–H groups in total. The molecule has 1 aliphatic heterocycles. The number of aryl methyl sites for hydroxylation is 1. The molecule has 6 heteroatoms. The van der Waals surface area contributed by atoms with Crippen molar-refractivity contribution in [3.8, 4) is 0 Å². The van der Waals surface area contributed by atoms with E-state index in [2.05, 4.69) is 66.8 Å². The molecule has 0 aromatic carbocycles. The van der Waals surface area contributed by atoms with Gasteiger partial charge < -0.3 is 4.90 Å². The Bertz CT molecular complexity index is 460. The first-order chi connectivity index (χ1) is 10.2. The fourth-order valence-electron chi connectivity index (χ4n) is 2.72. The summed E-state index contributed by atoms with van der Waals surface area (Å²) in [5, 5.41) is 12.8. The zero-order valence-corrected chi connectivity index (χ0v) is 15.1. The summed E-state index contributed by atoms with van der Waals surface area (Å²) in [7, 11) is 0. The molecule has 0 bridgehead atoms. The SMILES string of the molecule is CC(C)(C)c1nnn(CCCN2CCN(C(C)(C)C)CC2)n1. The Balaban J connectivity index is 1.71. The lowest BCUT2D eigenvalue weighted by Crippen LogP contribution is -2.53. The van der Waals surface area contributed by atoms with E-state index >= 15 is 0 Å². The van der Waals surface area contributed by atoms with E-state index < -0.39 is 0 Å². The highest BCUT2D eigenvalue weighted by Crippen LogP contribution is 2.17. The summed E-state index contributed by atoms with van der Waals surface area (Å²) < 4.78 is 0. The second-order valence-corrected chi connectivity index (χ2v) is 8.31. The summed E-state index contributed by atoms with van der Waals surface area (Å²) >= 11 is 0. The fraction of sp³-hybridized carbons (Fsp3) is 0.938. The van der Waals surface area contributed by atoms with Crippen molar-refractivity contribution >= 4 is 0 Å². The molecule has 2 rings (SSSR count). The predicted octanol–water partition coefficient (Wildman–Crippen LogP) is 1.78. The zero-order valence-electron chi connectivity index (χ0n) is 15.1. The first kappa shape index (κ1) is 17.3. The van der Waals surface area contributed by atoms with Gasteiger partial charge in [0, 0.05) is 43.7 Å². The van der Waals surface area contributed by atoms with E-state index in [0.717, 1.165) is 38.4 Å². The highest BCUT2D eigenvalue weighted by molar-refractivity contribution is 4.95. The largest absolute Gasteiger partial charge is 0.301 e. The number of nitrogens with zero attached hydrogens (tertiary/aromatic N) is 6. The molecule has 0 amide bonds. The van der Waals surface area contributed by atoms with Gasteiger partial charge in [-0.05, 0) is 32.4 Å². The van der Waals surface area contributed by atoms with Gasteiger partial charge >= 0.3 is 0 Å². The topological polar surface area (TPSA) is 50.1 Å². The average Bonchev–Trinajstić information content (AvgIpc) is 2.87. The molecular formula is C16H32N6. The van der Waals surface area contributed by atoms with Gasteiger partial charge in [0.2, 0.25) is 0 Å². The fourth-order valence-corrected chi connectivity index (χ4v) is 2.72. The lowest BCUT2D eigenvalue weighted by molar-refractivity contribution is 0.0611. The van der Waals surface area contributed by atoms with E-state index in [4.69, 9.17) is 0 Å². The molecule has 1 fully saturated rings. The Morgan fingerprint density at radius 1 is 0.909 bits per heavy atom. The van der Waals surface area contributed by atoms with E-state index in [9.17, 15) is 0 Å². The maximum atomic E-state index is 4.48. The quantitative estimate of drug-likeness (QED) is 0.848. The lowest BCUT2D eigenvalue weighted by Gasteiger charge is -2.42. The minimum absolute atomic E-state index is 0.0263. The van der Waals surface area contributed by atoms with Crippen molar-refractivity contribution in [3.63, 3.8) is 0 Å². The zero-order chi connectivity index (χ0) is 16.4.